The number of benzene rings is 1. The second-order valence-electron chi connectivity index (χ2n) is 4.86. The van der Waals surface area contributed by atoms with Gasteiger partial charge in [-0.05, 0) is 26.0 Å². The van der Waals surface area contributed by atoms with E-state index in [9.17, 15) is 14.4 Å². The number of hydrogen-bond donors (Lipinski definition) is 3. The summed E-state index contributed by atoms with van der Waals surface area (Å²) in [6, 6.07) is 7.85. The molecule has 0 aliphatic carbocycles. The van der Waals surface area contributed by atoms with Crippen molar-refractivity contribution in [2.75, 3.05) is 11.1 Å². The molecule has 120 valence electrons. The Labute approximate surface area is 136 Å². The van der Waals surface area contributed by atoms with Gasteiger partial charge in [-0.25, -0.2) is 4.98 Å². The Balaban J connectivity index is 2.06. The molecule has 0 saturated carbocycles. The number of anilines is 2. The van der Waals surface area contributed by atoms with Crippen molar-refractivity contribution in [1.82, 2.24) is 9.97 Å². The van der Waals surface area contributed by atoms with Gasteiger partial charge >= 0.3 is 0 Å². The average molecular weight is 332 g/mol. The summed E-state index contributed by atoms with van der Waals surface area (Å²) in [6.45, 7) is 3.14. The third-order valence-corrected chi connectivity index (χ3v) is 3.92. The van der Waals surface area contributed by atoms with E-state index in [2.05, 4.69) is 15.3 Å². The van der Waals surface area contributed by atoms with E-state index in [0.717, 1.165) is 11.8 Å². The Bertz CT molecular complexity index is 803. The summed E-state index contributed by atoms with van der Waals surface area (Å²) in [5, 5.41) is 2.48. The van der Waals surface area contributed by atoms with Crippen molar-refractivity contribution in [2.24, 2.45) is 0 Å². The van der Waals surface area contributed by atoms with Crippen LogP contribution in [0.1, 0.15) is 24.2 Å². The number of ketones is 1. The lowest BCUT2D eigenvalue weighted by atomic mass is 10.1. The molecule has 1 amide bonds. The van der Waals surface area contributed by atoms with Crippen molar-refractivity contribution in [2.45, 2.75) is 24.3 Å². The number of Topliss-reactive ketones (excluding diaryl/α,β-unsaturated/α-hetero) is 1. The Morgan fingerprint density at radius 1 is 1.35 bits per heavy atom. The molecule has 1 unspecified atom stereocenters. The molecule has 0 aliphatic heterocycles. The molecule has 0 bridgehead atoms. The minimum atomic E-state index is -0.513. The number of aromatic amines is 1. The maximum Gasteiger partial charge on any atom is 0.253 e. The van der Waals surface area contributed by atoms with Gasteiger partial charge in [-0.3, -0.25) is 14.4 Å². The van der Waals surface area contributed by atoms with E-state index in [1.807, 2.05) is 0 Å². The summed E-state index contributed by atoms with van der Waals surface area (Å²) in [7, 11) is 0. The average Bonchev–Trinajstić information content (AvgIpc) is 2.46. The van der Waals surface area contributed by atoms with Crippen LogP contribution >= 0.6 is 11.8 Å². The number of carbonyl (C=O) groups is 2. The fraction of sp³-hybridized carbons (Fsp3) is 0.200. The van der Waals surface area contributed by atoms with Crippen LogP contribution in [0.5, 0.6) is 0 Å². The highest BCUT2D eigenvalue weighted by molar-refractivity contribution is 8.00. The minimum Gasteiger partial charge on any atom is -0.383 e. The SMILES string of the molecule is CC(=O)c1cccc(NC(=O)C(C)Sc2nc(N)cc(=O)[nH]2)c1. The summed E-state index contributed by atoms with van der Waals surface area (Å²) >= 11 is 1.08. The molecule has 0 radical (unpaired) electrons. The maximum absolute atomic E-state index is 12.2. The molecule has 8 heteroatoms. The molecule has 1 heterocycles. The third kappa shape index (κ3) is 4.68. The van der Waals surface area contributed by atoms with Crippen LogP contribution in [-0.2, 0) is 4.79 Å². The highest BCUT2D eigenvalue weighted by atomic mass is 32.2. The lowest BCUT2D eigenvalue weighted by Gasteiger charge is -2.12. The van der Waals surface area contributed by atoms with Crippen LogP contribution in [0.15, 0.2) is 40.3 Å². The van der Waals surface area contributed by atoms with Crippen LogP contribution in [0.3, 0.4) is 0 Å². The van der Waals surface area contributed by atoms with Crippen LogP contribution in [0, 0.1) is 0 Å². The molecule has 2 aromatic rings. The number of amides is 1. The topological polar surface area (TPSA) is 118 Å². The number of thioether (sulfide) groups is 1. The number of nitrogens with two attached hydrogens (primary N) is 1. The second kappa shape index (κ2) is 7.10. The van der Waals surface area contributed by atoms with Crippen LogP contribution in [0.25, 0.3) is 0 Å². The molecule has 1 atom stereocenters. The van der Waals surface area contributed by atoms with Gasteiger partial charge in [-0.1, -0.05) is 23.9 Å². The Morgan fingerprint density at radius 2 is 2.09 bits per heavy atom. The lowest BCUT2D eigenvalue weighted by molar-refractivity contribution is -0.115. The fourth-order valence-electron chi connectivity index (χ4n) is 1.79. The molecule has 2 rings (SSSR count). The van der Waals surface area contributed by atoms with E-state index in [1.54, 1.807) is 31.2 Å². The van der Waals surface area contributed by atoms with E-state index in [1.165, 1.54) is 13.0 Å². The van der Waals surface area contributed by atoms with Gasteiger partial charge in [0.25, 0.3) is 5.56 Å². The van der Waals surface area contributed by atoms with Gasteiger partial charge in [-0.15, -0.1) is 0 Å². The number of H-pyrrole nitrogens is 1. The number of aromatic nitrogens is 2. The summed E-state index contributed by atoms with van der Waals surface area (Å²) in [5.41, 5.74) is 6.18. The maximum atomic E-state index is 12.2. The largest absolute Gasteiger partial charge is 0.383 e. The molecular formula is C15H16N4O3S. The molecule has 0 spiro atoms. The second-order valence-corrected chi connectivity index (χ2v) is 6.19. The third-order valence-electron chi connectivity index (χ3n) is 2.93. The van der Waals surface area contributed by atoms with Gasteiger partial charge in [0.1, 0.15) is 5.82 Å². The Kier molecular flexibility index (Phi) is 5.17. The van der Waals surface area contributed by atoms with Gasteiger partial charge < -0.3 is 16.0 Å². The normalized spacial score (nSPS) is 11.7. The van der Waals surface area contributed by atoms with Crippen molar-refractivity contribution in [3.05, 3.63) is 46.2 Å². The number of carbonyl (C=O) groups excluding carboxylic acids is 2. The van der Waals surface area contributed by atoms with Crippen LogP contribution in [-0.4, -0.2) is 26.9 Å². The summed E-state index contributed by atoms with van der Waals surface area (Å²) in [5.74, 6) is -0.260. The van der Waals surface area contributed by atoms with Crippen molar-refractivity contribution < 1.29 is 9.59 Å². The molecule has 1 aromatic heterocycles. The zero-order valence-corrected chi connectivity index (χ0v) is 13.4. The van der Waals surface area contributed by atoms with Gasteiger partial charge in [0.2, 0.25) is 5.91 Å². The van der Waals surface area contributed by atoms with Gasteiger partial charge in [0, 0.05) is 17.3 Å². The smallest absolute Gasteiger partial charge is 0.253 e. The van der Waals surface area contributed by atoms with E-state index in [-0.39, 0.29) is 28.2 Å². The first kappa shape index (κ1) is 16.8. The number of rotatable bonds is 5. The molecule has 0 saturated heterocycles. The quantitative estimate of drug-likeness (QED) is 0.435. The molecule has 7 nitrogen and oxygen atoms in total. The minimum absolute atomic E-state index is 0.0786. The highest BCUT2D eigenvalue weighted by Gasteiger charge is 2.16. The standard InChI is InChI=1S/C15H16N4O3S/c1-8(20)10-4-3-5-11(6-10)17-14(22)9(2)23-15-18-12(16)7-13(21)19-15/h3-7,9H,1-2H3,(H,17,22)(H3,16,18,19,21). The highest BCUT2D eigenvalue weighted by Crippen LogP contribution is 2.20. The predicted octanol–water partition coefficient (Wildman–Crippen LogP) is 1.67. The fourth-order valence-corrected chi connectivity index (χ4v) is 2.61. The molecule has 23 heavy (non-hydrogen) atoms. The van der Waals surface area contributed by atoms with Crippen LogP contribution < -0.4 is 16.6 Å². The van der Waals surface area contributed by atoms with E-state index < -0.39 is 5.25 Å². The van der Waals surface area contributed by atoms with Crippen molar-refractivity contribution in [3.8, 4) is 0 Å². The first-order valence-corrected chi connectivity index (χ1v) is 7.68. The lowest BCUT2D eigenvalue weighted by Crippen LogP contribution is -2.23. The molecule has 0 fully saturated rings. The van der Waals surface area contributed by atoms with Gasteiger partial charge in [0.05, 0.1) is 5.25 Å². The predicted molar refractivity (Wildman–Crippen MR) is 89.7 cm³/mol. The van der Waals surface area contributed by atoms with Crippen molar-refractivity contribution in [1.29, 1.82) is 0 Å². The monoisotopic (exact) mass is 332 g/mol. The van der Waals surface area contributed by atoms with Gasteiger partial charge in [0.15, 0.2) is 10.9 Å². The van der Waals surface area contributed by atoms with Crippen molar-refractivity contribution >= 4 is 35.0 Å². The zero-order valence-electron chi connectivity index (χ0n) is 12.6. The number of hydrogen-bond acceptors (Lipinski definition) is 6. The van der Waals surface area contributed by atoms with Crippen LogP contribution in [0.2, 0.25) is 0 Å². The van der Waals surface area contributed by atoms with E-state index in [0.29, 0.717) is 11.3 Å². The van der Waals surface area contributed by atoms with Crippen LogP contribution in [0.4, 0.5) is 11.5 Å². The summed E-state index contributed by atoms with van der Waals surface area (Å²) < 4.78 is 0. The number of nitrogens with zero attached hydrogens (tertiary/aromatic N) is 1. The summed E-state index contributed by atoms with van der Waals surface area (Å²) in [4.78, 5) is 41.4. The van der Waals surface area contributed by atoms with Crippen molar-refractivity contribution in [3.63, 3.8) is 0 Å². The number of nitrogen functional groups attached to an aromatic ring is 1. The molecule has 4 N–H and O–H groups in total. The zero-order chi connectivity index (χ0) is 17.0. The number of nitrogens with one attached hydrogen (secondary N) is 2. The first-order chi connectivity index (χ1) is 10.8. The first-order valence-electron chi connectivity index (χ1n) is 6.80. The molecular weight excluding hydrogens is 316 g/mol. The summed E-state index contributed by atoms with van der Waals surface area (Å²) in [6.07, 6.45) is 0. The van der Waals surface area contributed by atoms with E-state index in [4.69, 9.17) is 5.73 Å². The molecule has 0 aliphatic rings. The Hall–Kier alpha value is -2.61. The Morgan fingerprint density at radius 3 is 2.74 bits per heavy atom. The van der Waals surface area contributed by atoms with Gasteiger partial charge in [-0.2, -0.15) is 0 Å². The van der Waals surface area contributed by atoms with E-state index >= 15 is 0 Å². The molecule has 1 aromatic carbocycles.